The van der Waals surface area contributed by atoms with Crippen LogP contribution in [0, 0.1) is 0 Å². The first-order chi connectivity index (χ1) is 7.99. The largest absolute Gasteiger partial charge is 0.279 e. The quantitative estimate of drug-likeness (QED) is 0.861. The lowest BCUT2D eigenvalue weighted by molar-refractivity contribution is 0.601. The zero-order valence-corrected chi connectivity index (χ0v) is 12.2. The average molecular weight is 354 g/mol. The van der Waals surface area contributed by atoms with E-state index in [1.165, 1.54) is 23.6 Å². The van der Waals surface area contributed by atoms with Crippen molar-refractivity contribution in [1.82, 2.24) is 4.98 Å². The molecule has 0 atom stereocenters. The van der Waals surface area contributed by atoms with Crippen molar-refractivity contribution < 1.29 is 8.42 Å². The molecule has 0 fully saturated rings. The van der Waals surface area contributed by atoms with Gasteiger partial charge in [-0.1, -0.05) is 11.6 Å². The first-order valence-electron chi connectivity index (χ1n) is 4.35. The molecule has 2 rings (SSSR count). The molecule has 4 nitrogen and oxygen atoms in total. The van der Waals surface area contributed by atoms with Crippen LogP contribution in [0.2, 0.25) is 5.15 Å². The van der Waals surface area contributed by atoms with Gasteiger partial charge in [0.05, 0.1) is 5.69 Å². The van der Waals surface area contributed by atoms with Crippen LogP contribution in [-0.2, 0) is 10.0 Å². The summed E-state index contributed by atoms with van der Waals surface area (Å²) in [6.45, 7) is 0. The number of pyridine rings is 1. The van der Waals surface area contributed by atoms with Crippen LogP contribution < -0.4 is 4.72 Å². The lowest BCUT2D eigenvalue weighted by atomic mass is 10.5. The van der Waals surface area contributed by atoms with Crippen LogP contribution in [0.1, 0.15) is 0 Å². The highest BCUT2D eigenvalue weighted by molar-refractivity contribution is 9.10. The van der Waals surface area contributed by atoms with Crippen molar-refractivity contribution in [2.45, 2.75) is 4.90 Å². The Morgan fingerprint density at radius 1 is 1.47 bits per heavy atom. The normalized spacial score (nSPS) is 11.4. The minimum atomic E-state index is -3.70. The van der Waals surface area contributed by atoms with E-state index in [4.69, 9.17) is 11.6 Å². The zero-order chi connectivity index (χ0) is 12.5. The number of aromatic nitrogens is 1. The predicted octanol–water partition coefficient (Wildman–Crippen LogP) is 3.36. The Kier molecular flexibility index (Phi) is 3.72. The maximum atomic E-state index is 12.0. The standard InChI is InChI=1S/C9H6BrClN2O2S2/c10-6-3-8(9(11)12-4-6)17(14,15)13-7-1-2-16-5-7/h1-5,13H. The van der Waals surface area contributed by atoms with Gasteiger partial charge in [0, 0.05) is 16.0 Å². The molecule has 0 aliphatic rings. The molecule has 0 aliphatic carbocycles. The predicted molar refractivity (Wildman–Crippen MR) is 72.1 cm³/mol. The number of thiophene rings is 1. The molecule has 17 heavy (non-hydrogen) atoms. The fourth-order valence-electron chi connectivity index (χ4n) is 1.13. The van der Waals surface area contributed by atoms with Gasteiger partial charge in [-0.05, 0) is 33.4 Å². The zero-order valence-electron chi connectivity index (χ0n) is 8.22. The summed E-state index contributed by atoms with van der Waals surface area (Å²) in [6, 6.07) is 3.07. The molecule has 0 amide bonds. The van der Waals surface area contributed by atoms with Crippen molar-refractivity contribution in [3.05, 3.63) is 38.7 Å². The second-order valence-corrected chi connectivity index (χ2v) is 6.76. The molecule has 1 N–H and O–H groups in total. The van der Waals surface area contributed by atoms with E-state index in [2.05, 4.69) is 25.6 Å². The molecule has 0 bridgehead atoms. The summed E-state index contributed by atoms with van der Waals surface area (Å²) in [5.41, 5.74) is 0.506. The van der Waals surface area contributed by atoms with Gasteiger partial charge in [0.1, 0.15) is 10.0 Å². The number of nitrogens with zero attached hydrogens (tertiary/aromatic N) is 1. The average Bonchev–Trinajstić information content (AvgIpc) is 2.73. The molecule has 8 heteroatoms. The highest BCUT2D eigenvalue weighted by atomic mass is 79.9. The van der Waals surface area contributed by atoms with Gasteiger partial charge in [-0.25, -0.2) is 13.4 Å². The van der Waals surface area contributed by atoms with Crippen molar-refractivity contribution >= 4 is 54.6 Å². The molecule has 0 aromatic carbocycles. The third-order valence-corrected chi connectivity index (χ3v) is 4.76. The fraction of sp³-hybridized carbons (Fsp3) is 0. The summed E-state index contributed by atoms with van der Waals surface area (Å²) in [5, 5.41) is 3.41. The van der Waals surface area contributed by atoms with Gasteiger partial charge in [0.15, 0.2) is 0 Å². The van der Waals surface area contributed by atoms with Gasteiger partial charge in [-0.2, -0.15) is 11.3 Å². The third-order valence-electron chi connectivity index (χ3n) is 1.84. The van der Waals surface area contributed by atoms with Crippen LogP contribution in [0.3, 0.4) is 0 Å². The van der Waals surface area contributed by atoms with E-state index in [-0.39, 0.29) is 10.0 Å². The van der Waals surface area contributed by atoms with Crippen molar-refractivity contribution in [1.29, 1.82) is 0 Å². The molecule has 2 heterocycles. The summed E-state index contributed by atoms with van der Waals surface area (Å²) >= 11 is 10.3. The summed E-state index contributed by atoms with van der Waals surface area (Å²) in [5.74, 6) is 0. The smallest absolute Gasteiger partial charge is 0.265 e. The van der Waals surface area contributed by atoms with E-state index in [9.17, 15) is 8.42 Å². The number of rotatable bonds is 3. The number of sulfonamides is 1. The summed E-state index contributed by atoms with van der Waals surface area (Å²) < 4.78 is 27.0. The number of hydrogen-bond acceptors (Lipinski definition) is 4. The number of halogens is 2. The third kappa shape index (κ3) is 2.98. The van der Waals surface area contributed by atoms with E-state index in [0.29, 0.717) is 10.2 Å². The van der Waals surface area contributed by atoms with Gasteiger partial charge < -0.3 is 0 Å². The van der Waals surface area contributed by atoms with Crippen molar-refractivity contribution in [3.63, 3.8) is 0 Å². The Bertz CT molecular complexity index is 628. The fourth-order valence-corrected chi connectivity index (χ4v) is 3.78. The molecule has 2 aromatic heterocycles. The Labute approximate surface area is 116 Å². The molecule has 0 aliphatic heterocycles. The molecule has 0 unspecified atom stereocenters. The lowest BCUT2D eigenvalue weighted by Gasteiger charge is -2.07. The van der Waals surface area contributed by atoms with Gasteiger partial charge in [0.2, 0.25) is 0 Å². The van der Waals surface area contributed by atoms with Gasteiger partial charge >= 0.3 is 0 Å². The van der Waals surface area contributed by atoms with Crippen molar-refractivity contribution in [2.75, 3.05) is 4.72 Å². The summed E-state index contributed by atoms with van der Waals surface area (Å²) in [6.07, 6.45) is 1.44. The van der Waals surface area contributed by atoms with E-state index >= 15 is 0 Å². The number of nitrogens with one attached hydrogen (secondary N) is 1. The lowest BCUT2D eigenvalue weighted by Crippen LogP contribution is -2.13. The van der Waals surface area contributed by atoms with E-state index in [1.54, 1.807) is 16.8 Å². The molecular formula is C9H6BrClN2O2S2. The first kappa shape index (κ1) is 12.8. The Balaban J connectivity index is 2.41. The Hall–Kier alpha value is -0.630. The summed E-state index contributed by atoms with van der Waals surface area (Å²) in [7, 11) is -3.70. The van der Waals surface area contributed by atoms with Crippen LogP contribution >= 0.6 is 38.9 Å². The molecular weight excluding hydrogens is 348 g/mol. The van der Waals surface area contributed by atoms with Gasteiger partial charge in [-0.3, -0.25) is 4.72 Å². The highest BCUT2D eigenvalue weighted by Crippen LogP contribution is 2.25. The Morgan fingerprint density at radius 2 is 2.24 bits per heavy atom. The van der Waals surface area contributed by atoms with Gasteiger partial charge in [-0.15, -0.1) is 0 Å². The molecule has 2 aromatic rings. The Morgan fingerprint density at radius 3 is 2.88 bits per heavy atom. The van der Waals surface area contributed by atoms with Crippen LogP contribution in [0.15, 0.2) is 38.5 Å². The van der Waals surface area contributed by atoms with Gasteiger partial charge in [0.25, 0.3) is 10.0 Å². The van der Waals surface area contributed by atoms with Crippen LogP contribution in [0.25, 0.3) is 0 Å². The van der Waals surface area contributed by atoms with Crippen LogP contribution in [0.5, 0.6) is 0 Å². The molecule has 0 radical (unpaired) electrons. The molecule has 0 saturated carbocycles. The van der Waals surface area contributed by atoms with Crippen molar-refractivity contribution in [2.24, 2.45) is 0 Å². The molecule has 90 valence electrons. The number of hydrogen-bond donors (Lipinski definition) is 1. The second kappa shape index (κ2) is 4.93. The van der Waals surface area contributed by atoms with E-state index in [1.807, 2.05) is 0 Å². The maximum Gasteiger partial charge on any atom is 0.265 e. The van der Waals surface area contributed by atoms with E-state index in [0.717, 1.165) is 0 Å². The molecule has 0 spiro atoms. The van der Waals surface area contributed by atoms with Crippen LogP contribution in [0.4, 0.5) is 5.69 Å². The SMILES string of the molecule is O=S(=O)(Nc1ccsc1)c1cc(Br)cnc1Cl. The number of anilines is 1. The van der Waals surface area contributed by atoms with Crippen molar-refractivity contribution in [3.8, 4) is 0 Å². The van der Waals surface area contributed by atoms with Crippen LogP contribution in [-0.4, -0.2) is 13.4 Å². The second-order valence-electron chi connectivity index (χ2n) is 3.06. The first-order valence-corrected chi connectivity index (χ1v) is 7.95. The minimum Gasteiger partial charge on any atom is -0.279 e. The summed E-state index contributed by atoms with van der Waals surface area (Å²) in [4.78, 5) is 3.72. The molecule has 0 saturated heterocycles. The topological polar surface area (TPSA) is 59.1 Å². The minimum absolute atomic E-state index is 0.0558. The maximum absolute atomic E-state index is 12.0. The van der Waals surface area contributed by atoms with E-state index < -0.39 is 10.0 Å². The monoisotopic (exact) mass is 352 g/mol. The highest BCUT2D eigenvalue weighted by Gasteiger charge is 2.19.